The minimum absolute atomic E-state index is 0.240. The number of aliphatic hydroxyl groups is 1. The average molecular weight is 272 g/mol. The molecule has 0 atom stereocenters. The van der Waals surface area contributed by atoms with Gasteiger partial charge >= 0.3 is 5.97 Å². The van der Waals surface area contributed by atoms with Gasteiger partial charge in [-0.15, -0.1) is 0 Å². The summed E-state index contributed by atoms with van der Waals surface area (Å²) in [7, 11) is 0. The first-order chi connectivity index (χ1) is 9.72. The molecule has 0 unspecified atom stereocenters. The predicted molar refractivity (Wildman–Crippen MR) is 79.1 cm³/mol. The first-order valence-electron chi connectivity index (χ1n) is 6.54. The summed E-state index contributed by atoms with van der Waals surface area (Å²) in [5.74, 6) is -0.242. The first kappa shape index (κ1) is 15.9. The van der Waals surface area contributed by atoms with Gasteiger partial charge in [0.05, 0.1) is 0 Å². The van der Waals surface area contributed by atoms with Crippen molar-refractivity contribution in [2.75, 3.05) is 6.61 Å². The minimum atomic E-state index is -0.242. The Bertz CT molecular complexity index is 480. The maximum absolute atomic E-state index is 10.4. The van der Waals surface area contributed by atoms with Crippen molar-refractivity contribution in [1.29, 1.82) is 0 Å². The zero-order valence-electron chi connectivity index (χ0n) is 11.7. The Morgan fingerprint density at radius 1 is 0.950 bits per heavy atom. The number of esters is 1. The van der Waals surface area contributed by atoms with E-state index in [2.05, 4.69) is 0 Å². The van der Waals surface area contributed by atoms with E-state index in [9.17, 15) is 4.79 Å². The Hall–Kier alpha value is -2.13. The van der Waals surface area contributed by atoms with Crippen LogP contribution in [0.1, 0.15) is 18.1 Å². The van der Waals surface area contributed by atoms with Gasteiger partial charge in [0.2, 0.25) is 0 Å². The maximum Gasteiger partial charge on any atom is 0.302 e. The van der Waals surface area contributed by atoms with Crippen molar-refractivity contribution in [2.24, 2.45) is 0 Å². The van der Waals surface area contributed by atoms with Crippen LogP contribution in [0.4, 0.5) is 0 Å². The minimum Gasteiger partial charge on any atom is -0.461 e. The molecule has 0 heterocycles. The average Bonchev–Trinajstić information content (AvgIpc) is 2.48. The molecule has 0 bridgehead atoms. The number of rotatable bonds is 4. The number of carbonyl (C=O) groups is 1. The van der Waals surface area contributed by atoms with E-state index in [1.165, 1.54) is 12.5 Å². The second kappa shape index (κ2) is 9.75. The topological polar surface area (TPSA) is 46.5 Å². The molecule has 0 aromatic heterocycles. The maximum atomic E-state index is 10.4. The molecule has 2 rings (SSSR count). The Labute approximate surface area is 119 Å². The van der Waals surface area contributed by atoms with E-state index in [4.69, 9.17) is 9.84 Å². The van der Waals surface area contributed by atoms with Gasteiger partial charge in [-0.2, -0.15) is 0 Å². The van der Waals surface area contributed by atoms with Crippen LogP contribution in [0.5, 0.6) is 0 Å². The second-order valence-corrected chi connectivity index (χ2v) is 4.23. The molecule has 2 aromatic rings. The van der Waals surface area contributed by atoms with Crippen molar-refractivity contribution >= 4 is 5.97 Å². The van der Waals surface area contributed by atoms with Crippen molar-refractivity contribution in [1.82, 2.24) is 0 Å². The molecule has 20 heavy (non-hydrogen) atoms. The van der Waals surface area contributed by atoms with E-state index in [0.717, 1.165) is 12.0 Å². The Morgan fingerprint density at radius 3 is 1.90 bits per heavy atom. The quantitative estimate of drug-likeness (QED) is 0.870. The molecule has 0 saturated heterocycles. The highest BCUT2D eigenvalue weighted by atomic mass is 16.5. The lowest BCUT2D eigenvalue weighted by Gasteiger charge is -1.99. The Kier molecular flexibility index (Phi) is 7.77. The van der Waals surface area contributed by atoms with Crippen LogP contribution in [0, 0.1) is 0 Å². The number of benzene rings is 2. The van der Waals surface area contributed by atoms with Gasteiger partial charge in [-0.1, -0.05) is 60.7 Å². The van der Waals surface area contributed by atoms with Crippen LogP contribution in [-0.4, -0.2) is 17.7 Å². The molecular weight excluding hydrogens is 252 g/mol. The molecule has 1 N–H and O–H groups in total. The van der Waals surface area contributed by atoms with Crippen molar-refractivity contribution < 1.29 is 14.6 Å². The van der Waals surface area contributed by atoms with Gasteiger partial charge in [0.15, 0.2) is 0 Å². The second-order valence-electron chi connectivity index (χ2n) is 4.23. The molecule has 0 aliphatic rings. The largest absolute Gasteiger partial charge is 0.461 e. The van der Waals surface area contributed by atoms with Crippen molar-refractivity contribution in [3.05, 3.63) is 71.8 Å². The molecule has 0 aliphatic heterocycles. The van der Waals surface area contributed by atoms with Gasteiger partial charge in [-0.25, -0.2) is 0 Å². The van der Waals surface area contributed by atoms with Crippen molar-refractivity contribution in [2.45, 2.75) is 20.0 Å². The van der Waals surface area contributed by atoms with E-state index in [1.54, 1.807) is 0 Å². The van der Waals surface area contributed by atoms with Gasteiger partial charge in [-0.3, -0.25) is 4.79 Å². The van der Waals surface area contributed by atoms with Crippen LogP contribution in [0.2, 0.25) is 0 Å². The van der Waals surface area contributed by atoms with E-state index < -0.39 is 0 Å². The summed E-state index contributed by atoms with van der Waals surface area (Å²) in [5.41, 5.74) is 2.21. The Morgan fingerprint density at radius 2 is 1.45 bits per heavy atom. The molecule has 0 fully saturated rings. The fourth-order valence-electron chi connectivity index (χ4n) is 1.53. The SMILES string of the molecule is CC(=O)OCc1ccccc1.OCCc1ccccc1. The van der Waals surface area contributed by atoms with E-state index in [0.29, 0.717) is 6.61 Å². The number of carbonyl (C=O) groups excluding carboxylic acids is 1. The summed E-state index contributed by atoms with van der Waals surface area (Å²) in [6.45, 7) is 2.02. The highest BCUT2D eigenvalue weighted by Crippen LogP contribution is 2.00. The van der Waals surface area contributed by atoms with Gasteiger partial charge < -0.3 is 9.84 Å². The van der Waals surface area contributed by atoms with Crippen LogP contribution >= 0.6 is 0 Å². The third-order valence-corrected chi connectivity index (χ3v) is 2.53. The zero-order valence-corrected chi connectivity index (χ0v) is 11.7. The molecule has 0 aliphatic carbocycles. The van der Waals surface area contributed by atoms with Crippen LogP contribution in [0.3, 0.4) is 0 Å². The fraction of sp³-hybridized carbons (Fsp3) is 0.235. The third-order valence-electron chi connectivity index (χ3n) is 2.53. The highest BCUT2D eigenvalue weighted by molar-refractivity contribution is 5.65. The summed E-state index contributed by atoms with van der Waals surface area (Å²) in [6, 6.07) is 19.5. The predicted octanol–water partition coefficient (Wildman–Crippen LogP) is 2.97. The van der Waals surface area contributed by atoms with Crippen LogP contribution in [0.25, 0.3) is 0 Å². The number of hydrogen-bond acceptors (Lipinski definition) is 3. The lowest BCUT2D eigenvalue weighted by molar-refractivity contribution is -0.142. The normalized spacial score (nSPS) is 9.30. The summed E-state index contributed by atoms with van der Waals surface area (Å²) in [4.78, 5) is 10.4. The zero-order chi connectivity index (χ0) is 14.6. The van der Waals surface area contributed by atoms with E-state index in [-0.39, 0.29) is 12.6 Å². The number of hydrogen-bond donors (Lipinski definition) is 1. The summed E-state index contributed by atoms with van der Waals surface area (Å²) in [6.07, 6.45) is 0.765. The van der Waals surface area contributed by atoms with E-state index >= 15 is 0 Å². The van der Waals surface area contributed by atoms with Crippen molar-refractivity contribution in [3.63, 3.8) is 0 Å². The highest BCUT2D eigenvalue weighted by Gasteiger charge is 1.93. The molecule has 0 radical (unpaired) electrons. The molecular formula is C17H20O3. The monoisotopic (exact) mass is 272 g/mol. The first-order valence-corrected chi connectivity index (χ1v) is 6.54. The Balaban J connectivity index is 0.000000204. The third kappa shape index (κ3) is 7.34. The molecule has 3 heteroatoms. The van der Waals surface area contributed by atoms with E-state index in [1.807, 2.05) is 60.7 Å². The lowest BCUT2D eigenvalue weighted by atomic mass is 10.2. The molecule has 106 valence electrons. The fourth-order valence-corrected chi connectivity index (χ4v) is 1.53. The smallest absolute Gasteiger partial charge is 0.302 e. The van der Waals surface area contributed by atoms with Gasteiger partial charge in [0.25, 0.3) is 0 Å². The number of ether oxygens (including phenoxy) is 1. The van der Waals surface area contributed by atoms with Gasteiger partial charge in [-0.05, 0) is 17.5 Å². The summed E-state index contributed by atoms with van der Waals surface area (Å²) in [5, 5.41) is 8.52. The standard InChI is InChI=1S/C9H10O2.C8H10O/c1-8(10)11-7-9-5-3-2-4-6-9;9-7-6-8-4-2-1-3-5-8/h2-6H,7H2,1H3;1-5,9H,6-7H2. The molecule has 0 saturated carbocycles. The summed E-state index contributed by atoms with van der Waals surface area (Å²) < 4.78 is 4.79. The molecule has 0 spiro atoms. The molecule has 0 amide bonds. The molecule has 2 aromatic carbocycles. The van der Waals surface area contributed by atoms with Gasteiger partial charge in [0, 0.05) is 13.5 Å². The lowest BCUT2D eigenvalue weighted by Crippen LogP contribution is -1.97. The summed E-state index contributed by atoms with van der Waals surface area (Å²) >= 11 is 0. The van der Waals surface area contributed by atoms with Crippen molar-refractivity contribution in [3.8, 4) is 0 Å². The molecule has 3 nitrogen and oxygen atoms in total. The number of aliphatic hydroxyl groups excluding tert-OH is 1. The van der Waals surface area contributed by atoms with Crippen LogP contribution < -0.4 is 0 Å². The van der Waals surface area contributed by atoms with Crippen LogP contribution in [0.15, 0.2) is 60.7 Å². The van der Waals surface area contributed by atoms with Gasteiger partial charge in [0.1, 0.15) is 6.61 Å². The van der Waals surface area contributed by atoms with Crippen LogP contribution in [-0.2, 0) is 22.6 Å².